The Morgan fingerprint density at radius 1 is 1.40 bits per heavy atom. The first kappa shape index (κ1) is 11.5. The second kappa shape index (κ2) is 4.35. The molecule has 1 unspecified atom stereocenters. The molecule has 0 radical (unpaired) electrons. The molecule has 1 aliphatic rings. The van der Waals surface area contributed by atoms with Crippen molar-refractivity contribution in [2.45, 2.75) is 13.0 Å². The Balaban J connectivity index is 1.72. The minimum Gasteiger partial charge on any atom is -0.487 e. The van der Waals surface area contributed by atoms with Crippen molar-refractivity contribution in [2.75, 3.05) is 13.2 Å². The maximum atomic E-state index is 5.80. The quantitative estimate of drug-likeness (QED) is 0.679. The van der Waals surface area contributed by atoms with Gasteiger partial charge in [0.1, 0.15) is 12.7 Å². The van der Waals surface area contributed by atoms with Crippen molar-refractivity contribution in [3.8, 4) is 17.3 Å². The largest absolute Gasteiger partial charge is 0.487 e. The maximum absolute atomic E-state index is 5.80. The van der Waals surface area contributed by atoms with Crippen LogP contribution >= 0.6 is 0 Å². The summed E-state index contributed by atoms with van der Waals surface area (Å²) in [5.74, 6) is 2.21. The first-order chi connectivity index (χ1) is 9.79. The van der Waals surface area contributed by atoms with Gasteiger partial charge in [-0.3, -0.25) is 0 Å². The fourth-order valence-electron chi connectivity index (χ4n) is 2.01. The van der Waals surface area contributed by atoms with Gasteiger partial charge in [0.2, 0.25) is 11.7 Å². The zero-order valence-corrected chi connectivity index (χ0v) is 10.8. The number of furan rings is 1. The predicted molar refractivity (Wildman–Crippen MR) is 69.5 cm³/mol. The molecule has 1 atom stereocenters. The SMILES string of the molecule is Cc1nc(-c2cc3cccc(OCC4CO4)c3o2)no1. The number of fused-ring (bicyclic) bond motifs is 1. The molecule has 4 rings (SSSR count). The van der Waals surface area contributed by atoms with Gasteiger partial charge in [0.15, 0.2) is 17.1 Å². The summed E-state index contributed by atoms with van der Waals surface area (Å²) in [6, 6.07) is 7.63. The number of ether oxygens (including phenoxy) is 2. The van der Waals surface area contributed by atoms with E-state index in [-0.39, 0.29) is 6.10 Å². The summed E-state index contributed by atoms with van der Waals surface area (Å²) in [6.07, 6.45) is 0.208. The van der Waals surface area contributed by atoms with Crippen LogP contribution in [0.3, 0.4) is 0 Å². The summed E-state index contributed by atoms with van der Waals surface area (Å²) in [5, 5.41) is 4.80. The molecule has 1 fully saturated rings. The molecule has 2 aromatic heterocycles. The van der Waals surface area contributed by atoms with Gasteiger partial charge in [-0.2, -0.15) is 4.98 Å². The molecule has 0 saturated carbocycles. The third kappa shape index (κ3) is 2.04. The molecule has 6 nitrogen and oxygen atoms in total. The van der Waals surface area contributed by atoms with Crippen molar-refractivity contribution in [3.63, 3.8) is 0 Å². The van der Waals surface area contributed by atoms with Crippen LogP contribution in [0, 0.1) is 6.92 Å². The predicted octanol–water partition coefficient (Wildman–Crippen LogP) is 2.57. The number of epoxide rings is 1. The van der Waals surface area contributed by atoms with E-state index in [1.165, 1.54) is 0 Å². The van der Waals surface area contributed by atoms with Crippen LogP contribution in [0.15, 0.2) is 33.2 Å². The van der Waals surface area contributed by atoms with Gasteiger partial charge in [0.05, 0.1) is 6.61 Å². The third-order valence-electron chi connectivity index (χ3n) is 3.08. The fraction of sp³-hybridized carbons (Fsp3) is 0.286. The monoisotopic (exact) mass is 272 g/mol. The highest BCUT2D eigenvalue weighted by molar-refractivity contribution is 5.86. The van der Waals surface area contributed by atoms with Gasteiger partial charge in [-0.05, 0) is 12.1 Å². The molecule has 0 N–H and O–H groups in total. The van der Waals surface area contributed by atoms with Crippen LogP contribution in [0.1, 0.15) is 5.89 Å². The van der Waals surface area contributed by atoms with Crippen LogP contribution < -0.4 is 4.74 Å². The zero-order chi connectivity index (χ0) is 13.5. The van der Waals surface area contributed by atoms with Gasteiger partial charge >= 0.3 is 0 Å². The Kier molecular flexibility index (Phi) is 2.50. The van der Waals surface area contributed by atoms with Gasteiger partial charge in [0.25, 0.3) is 0 Å². The number of aryl methyl sites for hydroxylation is 1. The number of nitrogens with zero attached hydrogens (tertiary/aromatic N) is 2. The summed E-state index contributed by atoms with van der Waals surface area (Å²) in [7, 11) is 0. The first-order valence-corrected chi connectivity index (χ1v) is 6.37. The molecule has 1 aromatic carbocycles. The van der Waals surface area contributed by atoms with E-state index in [1.807, 2.05) is 24.3 Å². The lowest BCUT2D eigenvalue weighted by atomic mass is 10.2. The maximum Gasteiger partial charge on any atom is 0.238 e. The lowest BCUT2D eigenvalue weighted by molar-refractivity contribution is 0.263. The van der Waals surface area contributed by atoms with Gasteiger partial charge in [-0.1, -0.05) is 17.3 Å². The number of hydrogen-bond acceptors (Lipinski definition) is 6. The fourth-order valence-corrected chi connectivity index (χ4v) is 2.01. The van der Waals surface area contributed by atoms with Crippen LogP contribution in [-0.4, -0.2) is 29.5 Å². The van der Waals surface area contributed by atoms with Crippen molar-refractivity contribution in [3.05, 3.63) is 30.2 Å². The molecule has 102 valence electrons. The smallest absolute Gasteiger partial charge is 0.238 e. The third-order valence-corrected chi connectivity index (χ3v) is 3.08. The first-order valence-electron chi connectivity index (χ1n) is 6.37. The average molecular weight is 272 g/mol. The highest BCUT2D eigenvalue weighted by Crippen LogP contribution is 2.32. The van der Waals surface area contributed by atoms with Crippen molar-refractivity contribution >= 4 is 11.0 Å². The van der Waals surface area contributed by atoms with Gasteiger partial charge < -0.3 is 18.4 Å². The number of aromatic nitrogens is 2. The Morgan fingerprint density at radius 3 is 3.05 bits per heavy atom. The number of rotatable bonds is 4. The normalized spacial score (nSPS) is 17.6. The molecule has 1 saturated heterocycles. The molecular weight excluding hydrogens is 260 g/mol. The van der Waals surface area contributed by atoms with Crippen molar-refractivity contribution in [1.29, 1.82) is 0 Å². The van der Waals surface area contributed by atoms with E-state index < -0.39 is 0 Å². The van der Waals surface area contributed by atoms with E-state index in [0.29, 0.717) is 35.4 Å². The van der Waals surface area contributed by atoms with Crippen LogP contribution in [-0.2, 0) is 4.74 Å². The molecule has 0 spiro atoms. The van der Waals surface area contributed by atoms with Crippen molar-refractivity contribution in [2.24, 2.45) is 0 Å². The molecule has 0 amide bonds. The summed E-state index contributed by atoms with van der Waals surface area (Å²) in [6.45, 7) is 3.04. The Bertz CT molecular complexity index is 757. The molecule has 6 heteroatoms. The molecule has 3 heterocycles. The molecule has 20 heavy (non-hydrogen) atoms. The van der Waals surface area contributed by atoms with Crippen LogP contribution in [0.25, 0.3) is 22.6 Å². The lowest BCUT2D eigenvalue weighted by Crippen LogP contribution is -2.03. The van der Waals surface area contributed by atoms with Crippen molar-refractivity contribution in [1.82, 2.24) is 10.1 Å². The van der Waals surface area contributed by atoms with E-state index in [4.69, 9.17) is 18.4 Å². The molecule has 0 bridgehead atoms. The van der Waals surface area contributed by atoms with E-state index in [1.54, 1.807) is 6.92 Å². The highest BCUT2D eigenvalue weighted by Gasteiger charge is 2.24. The number of hydrogen-bond donors (Lipinski definition) is 0. The van der Waals surface area contributed by atoms with Crippen LogP contribution in [0.2, 0.25) is 0 Å². The number of para-hydroxylation sites is 1. The Morgan fingerprint density at radius 2 is 2.30 bits per heavy atom. The Labute approximate surface area is 114 Å². The summed E-state index contributed by atoms with van der Waals surface area (Å²) < 4.78 is 21.6. The Hall–Kier alpha value is -2.34. The summed E-state index contributed by atoms with van der Waals surface area (Å²) >= 11 is 0. The summed E-state index contributed by atoms with van der Waals surface area (Å²) in [4.78, 5) is 4.16. The second-order valence-electron chi connectivity index (χ2n) is 4.69. The highest BCUT2D eigenvalue weighted by atomic mass is 16.6. The molecular formula is C14H12N2O4. The average Bonchev–Trinajstić information content (AvgIpc) is 3.00. The molecule has 0 aliphatic carbocycles. The number of benzene rings is 1. The summed E-state index contributed by atoms with van der Waals surface area (Å²) in [5.41, 5.74) is 0.686. The van der Waals surface area contributed by atoms with Gasteiger partial charge in [-0.15, -0.1) is 0 Å². The molecule has 3 aromatic rings. The van der Waals surface area contributed by atoms with Crippen LogP contribution in [0.4, 0.5) is 0 Å². The lowest BCUT2D eigenvalue weighted by Gasteiger charge is -2.03. The zero-order valence-electron chi connectivity index (χ0n) is 10.8. The van der Waals surface area contributed by atoms with E-state index in [0.717, 1.165) is 12.0 Å². The van der Waals surface area contributed by atoms with Crippen molar-refractivity contribution < 1.29 is 18.4 Å². The van der Waals surface area contributed by atoms with E-state index >= 15 is 0 Å². The standard InChI is InChI=1S/C14H12N2O4/c1-8-15-14(16-20-8)12-5-9-3-2-4-11(13(9)19-12)18-7-10-6-17-10/h2-5,10H,6-7H2,1H3. The van der Waals surface area contributed by atoms with Gasteiger partial charge in [0, 0.05) is 12.3 Å². The van der Waals surface area contributed by atoms with Gasteiger partial charge in [-0.25, -0.2) is 0 Å². The van der Waals surface area contributed by atoms with E-state index in [9.17, 15) is 0 Å². The van der Waals surface area contributed by atoms with Crippen LogP contribution in [0.5, 0.6) is 5.75 Å². The topological polar surface area (TPSA) is 73.8 Å². The minimum absolute atomic E-state index is 0.208. The molecule has 1 aliphatic heterocycles. The second-order valence-corrected chi connectivity index (χ2v) is 4.69. The minimum atomic E-state index is 0.208. The van der Waals surface area contributed by atoms with E-state index in [2.05, 4.69) is 10.1 Å².